The van der Waals surface area contributed by atoms with Crippen molar-refractivity contribution in [1.82, 2.24) is 0 Å². The average molecular weight is 280 g/mol. The number of hydrogen-bond acceptors (Lipinski definition) is 5. The van der Waals surface area contributed by atoms with Crippen LogP contribution in [0.2, 0.25) is 0 Å². The van der Waals surface area contributed by atoms with Gasteiger partial charge in [-0.2, -0.15) is 0 Å². The van der Waals surface area contributed by atoms with Crippen LogP contribution >= 0.6 is 0 Å². The van der Waals surface area contributed by atoms with E-state index in [1.165, 1.54) is 12.3 Å². The maximum Gasteiger partial charge on any atom is 0.338 e. The first-order valence-electron chi connectivity index (χ1n) is 6.45. The van der Waals surface area contributed by atoms with Gasteiger partial charge in [-0.05, 0) is 17.5 Å². The van der Waals surface area contributed by atoms with Gasteiger partial charge in [0.2, 0.25) is 0 Å². The SMILES string of the molecule is CCC(O)(O)Oc1ccccc1C(C)C.O=C1C=CO1. The molecule has 2 N–H and O–H groups in total. The van der Waals surface area contributed by atoms with Crippen molar-refractivity contribution in [2.24, 2.45) is 0 Å². The molecule has 0 aliphatic carbocycles. The molecule has 1 aliphatic rings. The Kier molecular flexibility index (Phi) is 5.73. The van der Waals surface area contributed by atoms with Crippen molar-refractivity contribution >= 4 is 5.97 Å². The number of aliphatic hydroxyl groups is 2. The molecule has 0 spiro atoms. The molecule has 0 radical (unpaired) electrons. The number of carbonyl (C=O) groups excluding carboxylic acids is 1. The van der Waals surface area contributed by atoms with Crippen LogP contribution in [0.1, 0.15) is 38.7 Å². The summed E-state index contributed by atoms with van der Waals surface area (Å²) < 4.78 is 9.27. The topological polar surface area (TPSA) is 76.0 Å². The van der Waals surface area contributed by atoms with Gasteiger partial charge in [0.25, 0.3) is 0 Å². The molecule has 0 unspecified atom stereocenters. The molecular formula is C15H20O5. The van der Waals surface area contributed by atoms with Gasteiger partial charge >= 0.3 is 11.9 Å². The smallest absolute Gasteiger partial charge is 0.338 e. The van der Waals surface area contributed by atoms with Crippen LogP contribution < -0.4 is 4.74 Å². The molecule has 2 rings (SSSR count). The lowest BCUT2D eigenvalue weighted by Gasteiger charge is -2.23. The summed E-state index contributed by atoms with van der Waals surface area (Å²) in [5.74, 6) is -1.51. The molecule has 1 aromatic rings. The third-order valence-electron chi connectivity index (χ3n) is 2.66. The second kappa shape index (κ2) is 7.07. The van der Waals surface area contributed by atoms with Crippen molar-refractivity contribution < 1.29 is 24.5 Å². The van der Waals surface area contributed by atoms with E-state index >= 15 is 0 Å². The molecule has 110 valence electrons. The number of benzene rings is 1. The number of hydrogen-bond donors (Lipinski definition) is 2. The summed E-state index contributed by atoms with van der Waals surface area (Å²) in [6, 6.07) is 7.38. The molecule has 0 aromatic heterocycles. The summed E-state index contributed by atoms with van der Waals surface area (Å²) in [4.78, 5) is 9.59. The van der Waals surface area contributed by atoms with Crippen LogP contribution in [0, 0.1) is 0 Å². The third-order valence-corrected chi connectivity index (χ3v) is 2.66. The quantitative estimate of drug-likeness (QED) is 0.653. The van der Waals surface area contributed by atoms with Crippen LogP contribution in [0.3, 0.4) is 0 Å². The first kappa shape index (κ1) is 16.2. The lowest BCUT2D eigenvalue weighted by molar-refractivity contribution is -0.293. The Bertz CT molecular complexity index is 477. The van der Waals surface area contributed by atoms with Gasteiger partial charge in [0, 0.05) is 6.42 Å². The molecule has 0 fully saturated rings. The van der Waals surface area contributed by atoms with Crippen LogP contribution in [-0.4, -0.2) is 22.2 Å². The van der Waals surface area contributed by atoms with Gasteiger partial charge in [-0.1, -0.05) is 39.0 Å². The van der Waals surface area contributed by atoms with Crippen molar-refractivity contribution in [2.45, 2.75) is 39.1 Å². The zero-order valence-corrected chi connectivity index (χ0v) is 11.9. The molecule has 0 saturated carbocycles. The highest BCUT2D eigenvalue weighted by molar-refractivity contribution is 5.86. The maximum atomic E-state index is 9.59. The second-order valence-corrected chi connectivity index (χ2v) is 4.63. The number of esters is 1. The molecular weight excluding hydrogens is 260 g/mol. The Labute approximate surface area is 118 Å². The highest BCUT2D eigenvalue weighted by Gasteiger charge is 2.24. The van der Waals surface area contributed by atoms with Crippen molar-refractivity contribution in [3.8, 4) is 5.75 Å². The Morgan fingerprint density at radius 1 is 1.30 bits per heavy atom. The van der Waals surface area contributed by atoms with E-state index in [1.54, 1.807) is 13.0 Å². The Morgan fingerprint density at radius 3 is 2.25 bits per heavy atom. The van der Waals surface area contributed by atoms with Gasteiger partial charge in [-0.25, -0.2) is 4.79 Å². The highest BCUT2D eigenvalue weighted by atomic mass is 16.8. The van der Waals surface area contributed by atoms with E-state index in [4.69, 9.17) is 4.74 Å². The minimum atomic E-state index is -2.08. The molecule has 0 atom stereocenters. The molecule has 5 nitrogen and oxygen atoms in total. The summed E-state index contributed by atoms with van der Waals surface area (Å²) >= 11 is 0. The number of cyclic esters (lactones) is 1. The van der Waals surface area contributed by atoms with Crippen LogP contribution in [0.25, 0.3) is 0 Å². The second-order valence-electron chi connectivity index (χ2n) is 4.63. The monoisotopic (exact) mass is 280 g/mol. The minimum Gasteiger partial charge on any atom is -0.439 e. The fourth-order valence-electron chi connectivity index (χ4n) is 1.42. The Balaban J connectivity index is 0.000000333. The lowest BCUT2D eigenvalue weighted by atomic mass is 10.0. The van der Waals surface area contributed by atoms with Crippen LogP contribution in [0.4, 0.5) is 0 Å². The summed E-state index contributed by atoms with van der Waals surface area (Å²) in [7, 11) is 0. The number of para-hydroxylation sites is 1. The van der Waals surface area contributed by atoms with Gasteiger partial charge in [0.1, 0.15) is 12.0 Å². The summed E-state index contributed by atoms with van der Waals surface area (Å²) in [6.07, 6.45) is 2.84. The maximum absolute atomic E-state index is 9.59. The zero-order valence-electron chi connectivity index (χ0n) is 11.9. The van der Waals surface area contributed by atoms with Gasteiger partial charge in [-0.15, -0.1) is 0 Å². The van der Waals surface area contributed by atoms with E-state index in [0.717, 1.165) is 5.56 Å². The normalized spacial score (nSPS) is 13.2. The van der Waals surface area contributed by atoms with Crippen molar-refractivity contribution in [1.29, 1.82) is 0 Å². The fourth-order valence-corrected chi connectivity index (χ4v) is 1.42. The molecule has 1 aromatic carbocycles. The number of carbonyl (C=O) groups is 1. The van der Waals surface area contributed by atoms with Gasteiger partial charge in [-0.3, -0.25) is 0 Å². The summed E-state index contributed by atoms with van der Waals surface area (Å²) in [5, 5.41) is 18.8. The van der Waals surface area contributed by atoms with E-state index in [2.05, 4.69) is 4.74 Å². The number of ether oxygens (including phenoxy) is 2. The van der Waals surface area contributed by atoms with Gasteiger partial charge in [0.05, 0.1) is 6.08 Å². The van der Waals surface area contributed by atoms with Gasteiger partial charge < -0.3 is 19.7 Å². The number of rotatable bonds is 4. The Morgan fingerprint density at radius 2 is 1.85 bits per heavy atom. The fraction of sp³-hybridized carbons (Fsp3) is 0.400. The van der Waals surface area contributed by atoms with Crippen LogP contribution in [0.15, 0.2) is 36.6 Å². The standard InChI is InChI=1S/C12H18O3.C3H2O2/c1-4-12(13,14)15-11-8-6-5-7-10(11)9(2)3;4-3-1-2-5-3/h5-9,13-14H,4H2,1-3H3;1-2H. The van der Waals surface area contributed by atoms with E-state index in [-0.39, 0.29) is 18.3 Å². The lowest BCUT2D eigenvalue weighted by Crippen LogP contribution is -2.34. The highest BCUT2D eigenvalue weighted by Crippen LogP contribution is 2.28. The van der Waals surface area contributed by atoms with Crippen molar-refractivity contribution in [2.75, 3.05) is 0 Å². The summed E-state index contributed by atoms with van der Waals surface area (Å²) in [5.41, 5.74) is 0.971. The average Bonchev–Trinajstić information content (AvgIpc) is 2.37. The predicted molar refractivity (Wildman–Crippen MR) is 73.9 cm³/mol. The Hall–Kier alpha value is -1.85. The molecule has 1 aliphatic heterocycles. The van der Waals surface area contributed by atoms with E-state index in [9.17, 15) is 15.0 Å². The first-order valence-corrected chi connectivity index (χ1v) is 6.45. The third kappa shape index (κ3) is 5.03. The largest absolute Gasteiger partial charge is 0.439 e. The van der Waals surface area contributed by atoms with Crippen LogP contribution in [0.5, 0.6) is 5.75 Å². The minimum absolute atomic E-state index is 0.124. The van der Waals surface area contributed by atoms with Crippen LogP contribution in [-0.2, 0) is 9.53 Å². The molecule has 0 bridgehead atoms. The molecule has 0 saturated heterocycles. The van der Waals surface area contributed by atoms with E-state index in [0.29, 0.717) is 5.75 Å². The van der Waals surface area contributed by atoms with Crippen molar-refractivity contribution in [3.63, 3.8) is 0 Å². The predicted octanol–water partition coefficient (Wildman–Crippen LogP) is 2.29. The first-order chi connectivity index (χ1) is 9.35. The summed E-state index contributed by atoms with van der Waals surface area (Å²) in [6.45, 7) is 5.72. The molecule has 0 amide bonds. The molecule has 1 heterocycles. The zero-order chi connectivity index (χ0) is 15.2. The molecule has 20 heavy (non-hydrogen) atoms. The van der Waals surface area contributed by atoms with E-state index in [1.807, 2.05) is 32.0 Å². The van der Waals surface area contributed by atoms with Gasteiger partial charge in [0.15, 0.2) is 0 Å². The van der Waals surface area contributed by atoms with E-state index < -0.39 is 5.97 Å². The van der Waals surface area contributed by atoms with Crippen molar-refractivity contribution in [3.05, 3.63) is 42.2 Å². The molecule has 5 heteroatoms.